The number of pyridine rings is 1. The molecular formula is C20H15N3O2. The molecule has 4 rings (SSSR count). The lowest BCUT2D eigenvalue weighted by Gasteiger charge is -2.10. The second-order valence-corrected chi connectivity index (χ2v) is 5.39. The van der Waals surface area contributed by atoms with Crippen molar-refractivity contribution in [2.75, 3.05) is 7.11 Å². The van der Waals surface area contributed by atoms with E-state index in [9.17, 15) is 0 Å². The maximum Gasteiger partial charge on any atom is 0.230 e. The normalized spacial score (nSPS) is 10.6. The quantitative estimate of drug-likeness (QED) is 0.552. The zero-order valence-electron chi connectivity index (χ0n) is 13.6. The van der Waals surface area contributed by atoms with Crippen LogP contribution < -0.4 is 9.47 Å². The van der Waals surface area contributed by atoms with Crippen molar-refractivity contribution in [2.24, 2.45) is 0 Å². The van der Waals surface area contributed by atoms with E-state index in [0.29, 0.717) is 17.5 Å². The van der Waals surface area contributed by atoms with E-state index in [1.54, 1.807) is 19.5 Å². The van der Waals surface area contributed by atoms with Crippen LogP contribution in [0.1, 0.15) is 0 Å². The highest BCUT2D eigenvalue weighted by molar-refractivity contribution is 5.85. The lowest BCUT2D eigenvalue weighted by Crippen LogP contribution is -1.96. The summed E-state index contributed by atoms with van der Waals surface area (Å²) in [6, 6.07) is 19.0. The van der Waals surface area contributed by atoms with Gasteiger partial charge in [0, 0.05) is 24.0 Å². The maximum absolute atomic E-state index is 6.05. The molecule has 0 unspecified atom stereocenters. The molecule has 0 spiro atoms. The third-order valence-corrected chi connectivity index (χ3v) is 3.76. The van der Waals surface area contributed by atoms with Crippen LogP contribution in [0.3, 0.4) is 0 Å². The van der Waals surface area contributed by atoms with Crippen molar-refractivity contribution in [2.45, 2.75) is 0 Å². The number of benzene rings is 2. The van der Waals surface area contributed by atoms with Crippen LogP contribution in [0.5, 0.6) is 17.4 Å². The third kappa shape index (κ3) is 3.12. The van der Waals surface area contributed by atoms with Crippen LogP contribution in [0, 0.1) is 0 Å². The Morgan fingerprint density at radius 2 is 1.60 bits per heavy atom. The molecule has 0 amide bonds. The van der Waals surface area contributed by atoms with Crippen molar-refractivity contribution >= 4 is 10.9 Å². The highest BCUT2D eigenvalue weighted by Crippen LogP contribution is 2.31. The molecular weight excluding hydrogens is 314 g/mol. The Morgan fingerprint density at radius 3 is 2.44 bits per heavy atom. The summed E-state index contributed by atoms with van der Waals surface area (Å²) in [4.78, 5) is 13.3. The lowest BCUT2D eigenvalue weighted by atomic mass is 10.2. The zero-order valence-corrected chi connectivity index (χ0v) is 13.6. The van der Waals surface area contributed by atoms with E-state index >= 15 is 0 Å². The number of methoxy groups -OCH3 is 1. The molecule has 0 fully saturated rings. The molecule has 122 valence electrons. The number of hydrogen-bond donors (Lipinski definition) is 0. The van der Waals surface area contributed by atoms with Crippen LogP contribution in [0.4, 0.5) is 0 Å². The van der Waals surface area contributed by atoms with Crippen molar-refractivity contribution in [3.05, 3.63) is 73.1 Å². The Morgan fingerprint density at radius 1 is 0.800 bits per heavy atom. The van der Waals surface area contributed by atoms with Gasteiger partial charge in [-0.1, -0.05) is 18.2 Å². The van der Waals surface area contributed by atoms with E-state index < -0.39 is 0 Å². The first-order valence-corrected chi connectivity index (χ1v) is 7.82. The first kappa shape index (κ1) is 15.1. The fraction of sp³-hybridized carbons (Fsp3) is 0.0500. The van der Waals surface area contributed by atoms with Crippen molar-refractivity contribution < 1.29 is 9.47 Å². The van der Waals surface area contributed by atoms with Gasteiger partial charge in [0.05, 0.1) is 18.0 Å². The van der Waals surface area contributed by atoms with Gasteiger partial charge in [-0.05, 0) is 36.4 Å². The van der Waals surface area contributed by atoms with Gasteiger partial charge in [-0.15, -0.1) is 0 Å². The van der Waals surface area contributed by atoms with Gasteiger partial charge in [0.25, 0.3) is 0 Å². The molecule has 5 heteroatoms. The number of nitrogens with zero attached hydrogens (tertiary/aromatic N) is 3. The average Bonchev–Trinajstić information content (AvgIpc) is 2.69. The molecule has 0 N–H and O–H groups in total. The van der Waals surface area contributed by atoms with E-state index in [4.69, 9.17) is 9.47 Å². The number of rotatable bonds is 4. The minimum absolute atomic E-state index is 0.505. The van der Waals surface area contributed by atoms with Crippen molar-refractivity contribution in [1.29, 1.82) is 0 Å². The average molecular weight is 329 g/mol. The van der Waals surface area contributed by atoms with Gasteiger partial charge in [0.15, 0.2) is 5.82 Å². The Kier molecular flexibility index (Phi) is 3.96. The summed E-state index contributed by atoms with van der Waals surface area (Å²) in [5.41, 5.74) is 1.71. The molecule has 0 aliphatic heterocycles. The van der Waals surface area contributed by atoms with Gasteiger partial charge in [-0.3, -0.25) is 4.98 Å². The van der Waals surface area contributed by atoms with Crippen LogP contribution in [-0.2, 0) is 0 Å². The molecule has 0 radical (unpaired) electrons. The van der Waals surface area contributed by atoms with Gasteiger partial charge in [0.1, 0.15) is 11.5 Å². The van der Waals surface area contributed by atoms with E-state index in [-0.39, 0.29) is 0 Å². The van der Waals surface area contributed by atoms with Crippen molar-refractivity contribution in [3.63, 3.8) is 0 Å². The fourth-order valence-electron chi connectivity index (χ4n) is 2.53. The standard InChI is InChI=1S/C20H15N3O2/c1-24-15-5-4-6-16(13-15)25-20-17-7-2-3-8-18(17)22-19(23-20)14-9-11-21-12-10-14/h2-13H,1H3. The summed E-state index contributed by atoms with van der Waals surface area (Å²) in [6.45, 7) is 0. The van der Waals surface area contributed by atoms with Crippen LogP contribution in [0.15, 0.2) is 73.1 Å². The molecule has 0 aliphatic carbocycles. The number of aromatic nitrogens is 3. The number of ether oxygens (including phenoxy) is 2. The third-order valence-electron chi connectivity index (χ3n) is 3.76. The van der Waals surface area contributed by atoms with Gasteiger partial charge < -0.3 is 9.47 Å². The second-order valence-electron chi connectivity index (χ2n) is 5.39. The summed E-state index contributed by atoms with van der Waals surface area (Å²) in [5.74, 6) is 2.48. The molecule has 2 heterocycles. The zero-order chi connectivity index (χ0) is 17.1. The molecule has 0 saturated carbocycles. The van der Waals surface area contributed by atoms with E-state index in [0.717, 1.165) is 22.2 Å². The lowest BCUT2D eigenvalue weighted by molar-refractivity contribution is 0.408. The Balaban J connectivity index is 1.83. The Bertz CT molecular complexity index is 1020. The number of fused-ring (bicyclic) bond motifs is 1. The summed E-state index contributed by atoms with van der Waals surface area (Å²) < 4.78 is 11.3. The first-order valence-electron chi connectivity index (χ1n) is 7.82. The molecule has 2 aromatic heterocycles. The summed E-state index contributed by atoms with van der Waals surface area (Å²) in [6.07, 6.45) is 3.44. The summed E-state index contributed by atoms with van der Waals surface area (Å²) in [7, 11) is 1.63. The monoisotopic (exact) mass is 329 g/mol. The molecule has 4 aromatic rings. The number of para-hydroxylation sites is 1. The molecule has 25 heavy (non-hydrogen) atoms. The first-order chi connectivity index (χ1) is 12.3. The maximum atomic E-state index is 6.05. The highest BCUT2D eigenvalue weighted by atomic mass is 16.5. The summed E-state index contributed by atoms with van der Waals surface area (Å²) >= 11 is 0. The molecule has 0 saturated heterocycles. The molecule has 0 bridgehead atoms. The fourth-order valence-corrected chi connectivity index (χ4v) is 2.53. The van der Waals surface area contributed by atoms with E-state index in [1.807, 2.05) is 60.7 Å². The molecule has 5 nitrogen and oxygen atoms in total. The molecule has 0 atom stereocenters. The van der Waals surface area contributed by atoms with Gasteiger partial charge in [-0.25, -0.2) is 4.98 Å². The van der Waals surface area contributed by atoms with Crippen molar-refractivity contribution in [3.8, 4) is 28.8 Å². The minimum Gasteiger partial charge on any atom is -0.497 e. The minimum atomic E-state index is 0.505. The molecule has 2 aromatic carbocycles. The van der Waals surface area contributed by atoms with Crippen LogP contribution in [-0.4, -0.2) is 22.1 Å². The SMILES string of the molecule is COc1cccc(Oc2nc(-c3ccncc3)nc3ccccc23)c1. The van der Waals surface area contributed by atoms with Crippen LogP contribution in [0.25, 0.3) is 22.3 Å². The predicted molar refractivity (Wildman–Crippen MR) is 95.8 cm³/mol. The van der Waals surface area contributed by atoms with E-state index in [2.05, 4.69) is 15.0 Å². The van der Waals surface area contributed by atoms with E-state index in [1.165, 1.54) is 0 Å². The second kappa shape index (κ2) is 6.57. The van der Waals surface area contributed by atoms with Crippen LogP contribution >= 0.6 is 0 Å². The van der Waals surface area contributed by atoms with Gasteiger partial charge in [-0.2, -0.15) is 4.98 Å². The Hall–Kier alpha value is -3.47. The largest absolute Gasteiger partial charge is 0.497 e. The highest BCUT2D eigenvalue weighted by Gasteiger charge is 2.11. The van der Waals surface area contributed by atoms with Crippen molar-refractivity contribution in [1.82, 2.24) is 15.0 Å². The smallest absolute Gasteiger partial charge is 0.230 e. The Labute approximate surface area is 144 Å². The predicted octanol–water partition coefficient (Wildman–Crippen LogP) is 4.49. The topological polar surface area (TPSA) is 57.1 Å². The number of hydrogen-bond acceptors (Lipinski definition) is 5. The molecule has 0 aliphatic rings. The van der Waals surface area contributed by atoms with Gasteiger partial charge >= 0.3 is 0 Å². The van der Waals surface area contributed by atoms with Gasteiger partial charge in [0.2, 0.25) is 5.88 Å². The van der Waals surface area contributed by atoms with Crippen LogP contribution in [0.2, 0.25) is 0 Å². The summed E-state index contributed by atoms with van der Waals surface area (Å²) in [5, 5.41) is 0.850.